The van der Waals surface area contributed by atoms with Crippen LogP contribution in [0.25, 0.3) is 0 Å². The van der Waals surface area contributed by atoms with Gasteiger partial charge in [0.25, 0.3) is 0 Å². The van der Waals surface area contributed by atoms with Crippen molar-refractivity contribution in [2.24, 2.45) is 11.8 Å². The van der Waals surface area contributed by atoms with Gasteiger partial charge in [0, 0.05) is 0 Å². The summed E-state index contributed by atoms with van der Waals surface area (Å²) in [5.41, 5.74) is 0. The maximum absolute atomic E-state index is 12.3. The predicted molar refractivity (Wildman–Crippen MR) is 43.6 cm³/mol. The summed E-state index contributed by atoms with van der Waals surface area (Å²) in [4.78, 5) is 0. The van der Waals surface area contributed by atoms with E-state index in [-0.39, 0.29) is 25.7 Å². The highest BCUT2D eigenvalue weighted by Gasteiger charge is 2.59. The highest BCUT2D eigenvalue weighted by Crippen LogP contribution is 2.48. The summed E-state index contributed by atoms with van der Waals surface area (Å²) in [6, 6.07) is 0. The van der Waals surface area contributed by atoms with Gasteiger partial charge in [-0.3, -0.25) is 0 Å². The van der Waals surface area contributed by atoms with Crippen LogP contribution in [0.5, 0.6) is 0 Å². The Labute approximate surface area is 88.4 Å². The molecule has 0 bridgehead atoms. The van der Waals surface area contributed by atoms with Gasteiger partial charge < -0.3 is 5.11 Å². The molecule has 96 valence electrons. The molecule has 0 aliphatic heterocycles. The molecular formula is C9H12F6O. The summed E-state index contributed by atoms with van der Waals surface area (Å²) >= 11 is 0. The fourth-order valence-corrected chi connectivity index (χ4v) is 2.16. The topological polar surface area (TPSA) is 20.2 Å². The lowest BCUT2D eigenvalue weighted by molar-refractivity contribution is -0.301. The van der Waals surface area contributed by atoms with E-state index in [4.69, 9.17) is 5.11 Å². The Hall–Kier alpha value is -0.460. The second-order valence-electron chi connectivity index (χ2n) is 4.13. The van der Waals surface area contributed by atoms with Crippen molar-refractivity contribution in [1.82, 2.24) is 0 Å². The van der Waals surface area contributed by atoms with E-state index in [0.717, 1.165) is 0 Å². The summed E-state index contributed by atoms with van der Waals surface area (Å²) in [5, 5.41) is 9.05. The van der Waals surface area contributed by atoms with Crippen LogP contribution >= 0.6 is 0 Å². The maximum Gasteiger partial charge on any atom is 0.400 e. The molecule has 0 saturated heterocycles. The van der Waals surface area contributed by atoms with E-state index in [9.17, 15) is 26.3 Å². The number of alkyl halides is 6. The Morgan fingerprint density at radius 2 is 1.19 bits per heavy atom. The molecule has 0 heterocycles. The minimum absolute atomic E-state index is 0.00727. The molecule has 1 aliphatic rings. The summed E-state index contributed by atoms with van der Waals surface area (Å²) < 4.78 is 73.9. The van der Waals surface area contributed by atoms with E-state index in [0.29, 0.717) is 0 Å². The molecule has 0 spiro atoms. The van der Waals surface area contributed by atoms with Crippen molar-refractivity contribution in [3.8, 4) is 0 Å². The molecule has 0 aromatic heterocycles. The number of rotatable bonds is 1. The van der Waals surface area contributed by atoms with E-state index in [1.54, 1.807) is 0 Å². The first-order valence-electron chi connectivity index (χ1n) is 4.94. The summed E-state index contributed by atoms with van der Waals surface area (Å²) in [6.07, 6.45) is -11.7. The molecule has 0 unspecified atom stereocenters. The number of aliphatic hydroxyl groups is 1. The Morgan fingerprint density at radius 3 is 1.50 bits per heavy atom. The summed E-state index contributed by atoms with van der Waals surface area (Å²) in [5.74, 6) is -4.71. The monoisotopic (exact) mass is 250 g/mol. The number of hydrogen-bond acceptors (Lipinski definition) is 1. The van der Waals surface area contributed by atoms with Crippen molar-refractivity contribution in [2.45, 2.75) is 44.1 Å². The van der Waals surface area contributed by atoms with Gasteiger partial charge in [-0.15, -0.1) is 0 Å². The smallest absolute Gasteiger partial charge is 0.393 e. The minimum atomic E-state index is -5.26. The number of hydrogen-bond donors (Lipinski definition) is 1. The van der Waals surface area contributed by atoms with Crippen LogP contribution in [0, 0.1) is 11.8 Å². The van der Waals surface area contributed by atoms with Gasteiger partial charge in [0.2, 0.25) is 0 Å². The normalized spacial score (nSPS) is 28.5. The molecule has 16 heavy (non-hydrogen) atoms. The summed E-state index contributed by atoms with van der Waals surface area (Å²) in [6.45, 7) is 0. The molecule has 0 atom stereocenters. The maximum atomic E-state index is 12.3. The third-order valence-corrected chi connectivity index (χ3v) is 2.92. The second-order valence-corrected chi connectivity index (χ2v) is 4.13. The van der Waals surface area contributed by atoms with E-state index < -0.39 is 30.3 Å². The Morgan fingerprint density at radius 1 is 0.812 bits per heavy atom. The summed E-state index contributed by atoms with van der Waals surface area (Å²) in [7, 11) is 0. The first kappa shape index (κ1) is 13.6. The lowest BCUT2D eigenvalue weighted by atomic mass is 9.78. The highest BCUT2D eigenvalue weighted by atomic mass is 19.4. The van der Waals surface area contributed by atoms with Crippen LogP contribution in [0.4, 0.5) is 26.3 Å². The molecule has 1 N–H and O–H groups in total. The zero-order chi connectivity index (χ0) is 12.6. The first-order chi connectivity index (χ1) is 7.12. The van der Waals surface area contributed by atoms with Crippen LogP contribution in [0.15, 0.2) is 0 Å². The number of halogens is 6. The quantitative estimate of drug-likeness (QED) is 0.708. The third-order valence-electron chi connectivity index (χ3n) is 2.92. The SMILES string of the molecule is OC1CCC(C(C(F)(F)F)C(F)(F)F)CC1. The molecule has 1 saturated carbocycles. The standard InChI is InChI=1S/C9H12F6O/c10-8(11,12)7(9(13,14)15)5-1-3-6(16)4-2-5/h5-7,16H,1-4H2. The molecule has 0 aromatic rings. The van der Waals surface area contributed by atoms with E-state index in [2.05, 4.69) is 0 Å². The van der Waals surface area contributed by atoms with Crippen molar-refractivity contribution < 1.29 is 31.4 Å². The van der Waals surface area contributed by atoms with Gasteiger partial charge in [-0.2, -0.15) is 26.3 Å². The minimum Gasteiger partial charge on any atom is -0.393 e. The molecule has 0 aromatic carbocycles. The molecule has 0 radical (unpaired) electrons. The number of aliphatic hydroxyl groups excluding tert-OH is 1. The molecular weight excluding hydrogens is 238 g/mol. The molecule has 1 rings (SSSR count). The van der Waals surface area contributed by atoms with Gasteiger partial charge in [0.1, 0.15) is 0 Å². The fourth-order valence-electron chi connectivity index (χ4n) is 2.16. The van der Waals surface area contributed by atoms with E-state index >= 15 is 0 Å². The molecule has 1 aliphatic carbocycles. The van der Waals surface area contributed by atoms with Crippen LogP contribution in [-0.4, -0.2) is 23.6 Å². The molecule has 1 fully saturated rings. The van der Waals surface area contributed by atoms with Crippen LogP contribution < -0.4 is 0 Å². The van der Waals surface area contributed by atoms with E-state index in [1.165, 1.54) is 0 Å². The van der Waals surface area contributed by atoms with Crippen molar-refractivity contribution in [1.29, 1.82) is 0 Å². The fraction of sp³-hybridized carbons (Fsp3) is 1.00. The zero-order valence-electron chi connectivity index (χ0n) is 8.28. The molecule has 1 nitrogen and oxygen atoms in total. The van der Waals surface area contributed by atoms with Crippen LogP contribution in [0.2, 0.25) is 0 Å². The van der Waals surface area contributed by atoms with Gasteiger partial charge in [0.15, 0.2) is 5.92 Å². The molecule has 0 amide bonds. The van der Waals surface area contributed by atoms with Gasteiger partial charge in [-0.25, -0.2) is 0 Å². The third kappa shape index (κ3) is 3.26. The van der Waals surface area contributed by atoms with Crippen molar-refractivity contribution in [2.75, 3.05) is 0 Å². The van der Waals surface area contributed by atoms with Gasteiger partial charge in [-0.05, 0) is 31.6 Å². The van der Waals surface area contributed by atoms with Crippen LogP contribution in [0.3, 0.4) is 0 Å². The van der Waals surface area contributed by atoms with Crippen molar-refractivity contribution >= 4 is 0 Å². The van der Waals surface area contributed by atoms with Gasteiger partial charge in [-0.1, -0.05) is 0 Å². The zero-order valence-corrected chi connectivity index (χ0v) is 8.28. The van der Waals surface area contributed by atoms with Crippen LogP contribution in [0.1, 0.15) is 25.7 Å². The lowest BCUT2D eigenvalue weighted by Crippen LogP contribution is -2.43. The lowest BCUT2D eigenvalue weighted by Gasteiger charge is -2.34. The Kier molecular flexibility index (Phi) is 3.76. The van der Waals surface area contributed by atoms with E-state index in [1.807, 2.05) is 0 Å². The van der Waals surface area contributed by atoms with Gasteiger partial charge in [0.05, 0.1) is 6.10 Å². The Bertz CT molecular complexity index is 211. The highest BCUT2D eigenvalue weighted by molar-refractivity contribution is 4.85. The van der Waals surface area contributed by atoms with Crippen molar-refractivity contribution in [3.63, 3.8) is 0 Å². The van der Waals surface area contributed by atoms with Gasteiger partial charge >= 0.3 is 12.4 Å². The Balaban J connectivity index is 2.78. The van der Waals surface area contributed by atoms with Crippen LogP contribution in [-0.2, 0) is 0 Å². The van der Waals surface area contributed by atoms with Crippen molar-refractivity contribution in [3.05, 3.63) is 0 Å². The second kappa shape index (κ2) is 4.43. The molecule has 7 heteroatoms. The average molecular weight is 250 g/mol. The predicted octanol–water partition coefficient (Wildman–Crippen LogP) is 3.28. The largest absolute Gasteiger partial charge is 0.400 e. The first-order valence-corrected chi connectivity index (χ1v) is 4.94. The average Bonchev–Trinajstić information content (AvgIpc) is 2.03.